The molecule has 1 aliphatic heterocycles. The van der Waals surface area contributed by atoms with Crippen LogP contribution in [0.5, 0.6) is 0 Å². The molecule has 0 aromatic rings. The molecule has 0 bridgehead atoms. The highest BCUT2D eigenvalue weighted by molar-refractivity contribution is 5.81. The number of quaternary nitrogens is 1. The average Bonchev–Trinajstić information content (AvgIpc) is 3.05. The highest BCUT2D eigenvalue weighted by atomic mass is 16.4. The molecule has 2 atom stereocenters. The second-order valence-corrected chi connectivity index (χ2v) is 8.03. The number of rotatable bonds is 17. The summed E-state index contributed by atoms with van der Waals surface area (Å²) in [5, 5.41) is 11.1. The van der Waals surface area contributed by atoms with Crippen LogP contribution in [0.25, 0.3) is 0 Å². The molecule has 0 aromatic carbocycles. The minimum absolute atomic E-state index is 0.104. The Morgan fingerprint density at radius 3 is 2.21 bits per heavy atom. The lowest BCUT2D eigenvalue weighted by atomic mass is 10.1. The number of carboxylic acids is 1. The van der Waals surface area contributed by atoms with Gasteiger partial charge in [0.05, 0.1) is 12.2 Å². The highest BCUT2D eigenvalue weighted by Gasteiger charge is 2.38. The van der Waals surface area contributed by atoms with Gasteiger partial charge in [-0.15, -0.1) is 0 Å². The van der Waals surface area contributed by atoms with E-state index in [4.69, 9.17) is 5.73 Å². The summed E-state index contributed by atoms with van der Waals surface area (Å²) in [4.78, 5) is 15.5. The molecular weight excluding hydrogens is 350 g/mol. The van der Waals surface area contributed by atoms with Crippen molar-refractivity contribution in [1.29, 1.82) is 0 Å². The summed E-state index contributed by atoms with van der Waals surface area (Å²) in [5.74, 6) is -0.241. The van der Waals surface area contributed by atoms with Gasteiger partial charge < -0.3 is 9.90 Å². The molecule has 5 heteroatoms. The summed E-state index contributed by atoms with van der Waals surface area (Å²) in [7, 11) is 0. The SMILES string of the molecule is CCCCCC/C=C/CCCCCCCCC1=NC=C[N+]1(CC(=O)[O-])C(C)N. The molecule has 0 radical (unpaired) electrons. The molecule has 0 spiro atoms. The van der Waals surface area contributed by atoms with Crippen molar-refractivity contribution < 1.29 is 14.4 Å². The van der Waals surface area contributed by atoms with Gasteiger partial charge in [-0.3, -0.25) is 5.73 Å². The number of allylic oxidation sites excluding steroid dienone is 2. The van der Waals surface area contributed by atoms with Crippen molar-refractivity contribution >= 4 is 11.8 Å². The van der Waals surface area contributed by atoms with Crippen LogP contribution >= 0.6 is 0 Å². The lowest BCUT2D eigenvalue weighted by Gasteiger charge is -2.36. The maximum atomic E-state index is 11.1. The van der Waals surface area contributed by atoms with E-state index in [2.05, 4.69) is 24.1 Å². The largest absolute Gasteiger partial charge is 0.544 e. The summed E-state index contributed by atoms with van der Waals surface area (Å²) in [6, 6.07) is 0. The van der Waals surface area contributed by atoms with Crippen molar-refractivity contribution in [3.05, 3.63) is 24.6 Å². The van der Waals surface area contributed by atoms with E-state index in [1.165, 1.54) is 64.2 Å². The number of hydrogen-bond donors (Lipinski definition) is 1. The number of nitrogens with zero attached hydrogens (tertiary/aromatic N) is 2. The van der Waals surface area contributed by atoms with Crippen molar-refractivity contribution in [2.24, 2.45) is 10.7 Å². The molecule has 0 fully saturated rings. The van der Waals surface area contributed by atoms with E-state index in [1.807, 2.05) is 6.92 Å². The van der Waals surface area contributed by atoms with Gasteiger partial charge in [-0.2, -0.15) is 0 Å². The molecule has 0 aromatic heterocycles. The molecule has 2 N–H and O–H groups in total. The van der Waals surface area contributed by atoms with Crippen LogP contribution in [0.15, 0.2) is 29.5 Å². The average molecular weight is 392 g/mol. The Morgan fingerprint density at radius 1 is 1.07 bits per heavy atom. The molecule has 160 valence electrons. The second-order valence-electron chi connectivity index (χ2n) is 8.03. The first-order valence-corrected chi connectivity index (χ1v) is 11.3. The van der Waals surface area contributed by atoms with E-state index < -0.39 is 5.97 Å². The summed E-state index contributed by atoms with van der Waals surface area (Å²) in [6.07, 6.45) is 23.6. The van der Waals surface area contributed by atoms with Gasteiger partial charge >= 0.3 is 0 Å². The molecule has 28 heavy (non-hydrogen) atoms. The number of unbranched alkanes of at least 4 members (excludes halogenated alkanes) is 10. The number of carboxylic acid groups (broad SMARTS) is 1. The number of carbonyl (C=O) groups is 1. The van der Waals surface area contributed by atoms with E-state index in [1.54, 1.807) is 12.4 Å². The predicted octanol–water partition coefficient (Wildman–Crippen LogP) is 4.39. The Bertz CT molecular complexity index is 526. The topological polar surface area (TPSA) is 78.5 Å². The first-order valence-electron chi connectivity index (χ1n) is 11.3. The van der Waals surface area contributed by atoms with Crippen LogP contribution in [0.3, 0.4) is 0 Å². The highest BCUT2D eigenvalue weighted by Crippen LogP contribution is 2.23. The zero-order valence-electron chi connectivity index (χ0n) is 18.1. The van der Waals surface area contributed by atoms with E-state index in [0.717, 1.165) is 25.1 Å². The molecule has 0 amide bonds. The fraction of sp³-hybridized carbons (Fsp3) is 0.739. The third kappa shape index (κ3) is 9.16. The minimum Gasteiger partial charge on any atom is -0.544 e. The van der Waals surface area contributed by atoms with Crippen molar-refractivity contribution in [1.82, 2.24) is 0 Å². The van der Waals surface area contributed by atoms with Crippen LogP contribution in [0.1, 0.15) is 97.3 Å². The molecule has 0 saturated carbocycles. The summed E-state index contributed by atoms with van der Waals surface area (Å²) in [5.41, 5.74) is 6.07. The predicted molar refractivity (Wildman–Crippen MR) is 115 cm³/mol. The standard InChI is InChI=1S/C23H41N3O2/c1-3-4-5-6-7-8-9-10-11-12-13-14-15-16-17-22-25-18-19-26(22,21(2)24)20-23(27)28/h8-9,18-19,21H,3-7,10-17,20,24H2,1-2H3/b9-8+. The van der Waals surface area contributed by atoms with Gasteiger partial charge in [-0.05, 0) is 32.1 Å². The van der Waals surface area contributed by atoms with Crippen molar-refractivity contribution in [2.75, 3.05) is 6.54 Å². The smallest absolute Gasteiger partial charge is 0.209 e. The van der Waals surface area contributed by atoms with E-state index in [-0.39, 0.29) is 17.2 Å². The maximum absolute atomic E-state index is 11.1. The Hall–Kier alpha value is -1.46. The van der Waals surface area contributed by atoms with Gasteiger partial charge in [0.25, 0.3) is 0 Å². The summed E-state index contributed by atoms with van der Waals surface area (Å²) < 4.78 is 0.104. The van der Waals surface area contributed by atoms with Gasteiger partial charge in [0, 0.05) is 13.3 Å². The number of aliphatic imine (C=N–C) groups is 1. The third-order valence-electron chi connectivity index (χ3n) is 5.57. The molecular formula is C23H41N3O2. The minimum atomic E-state index is -1.09. The first kappa shape index (κ1) is 24.6. The fourth-order valence-electron chi connectivity index (χ4n) is 3.75. The Morgan fingerprint density at radius 2 is 1.64 bits per heavy atom. The van der Waals surface area contributed by atoms with Crippen molar-refractivity contribution in [3.63, 3.8) is 0 Å². The monoisotopic (exact) mass is 391 g/mol. The zero-order chi connectivity index (χ0) is 20.7. The Labute approximate surface area is 172 Å². The first-order chi connectivity index (χ1) is 13.5. The molecule has 1 aliphatic rings. The van der Waals surface area contributed by atoms with Gasteiger partial charge in [-0.25, -0.2) is 9.48 Å². The maximum Gasteiger partial charge on any atom is 0.209 e. The lowest BCUT2D eigenvalue weighted by Crippen LogP contribution is -2.60. The van der Waals surface area contributed by atoms with Gasteiger partial charge in [0.1, 0.15) is 18.9 Å². The van der Waals surface area contributed by atoms with E-state index in [9.17, 15) is 9.90 Å². The van der Waals surface area contributed by atoms with Gasteiger partial charge in [0.2, 0.25) is 5.84 Å². The number of hydrogen-bond acceptors (Lipinski definition) is 4. The van der Waals surface area contributed by atoms with E-state index >= 15 is 0 Å². The second kappa shape index (κ2) is 14.5. The van der Waals surface area contributed by atoms with Crippen LogP contribution in [0.4, 0.5) is 0 Å². The lowest BCUT2D eigenvalue weighted by molar-refractivity contribution is -0.808. The van der Waals surface area contributed by atoms with Crippen LogP contribution in [-0.4, -0.2) is 29.0 Å². The molecule has 2 unspecified atom stereocenters. The van der Waals surface area contributed by atoms with Crippen molar-refractivity contribution in [3.8, 4) is 0 Å². The van der Waals surface area contributed by atoms with Gasteiger partial charge in [0.15, 0.2) is 0 Å². The van der Waals surface area contributed by atoms with Crippen LogP contribution in [0.2, 0.25) is 0 Å². The van der Waals surface area contributed by atoms with Gasteiger partial charge in [-0.1, -0.05) is 64.0 Å². The normalized spacial score (nSPS) is 20.0. The molecule has 0 saturated heterocycles. The molecule has 1 heterocycles. The fourth-order valence-corrected chi connectivity index (χ4v) is 3.75. The number of carbonyl (C=O) groups excluding carboxylic acids is 1. The van der Waals surface area contributed by atoms with Crippen molar-refractivity contribution in [2.45, 2.75) is 103 Å². The number of amidine groups is 1. The molecule has 0 aliphatic carbocycles. The molecule has 1 rings (SSSR count). The van der Waals surface area contributed by atoms with Crippen LogP contribution < -0.4 is 10.8 Å². The number of nitrogens with two attached hydrogens (primary N) is 1. The van der Waals surface area contributed by atoms with E-state index in [0.29, 0.717) is 0 Å². The quantitative estimate of drug-likeness (QED) is 0.227. The third-order valence-corrected chi connectivity index (χ3v) is 5.57. The van der Waals surface area contributed by atoms with Crippen LogP contribution in [0, 0.1) is 0 Å². The zero-order valence-corrected chi connectivity index (χ0v) is 18.1. The van der Waals surface area contributed by atoms with Crippen LogP contribution in [-0.2, 0) is 4.79 Å². The number of aliphatic carboxylic acids is 1. The Kier molecular flexibility index (Phi) is 12.8. The Balaban J connectivity index is 2.08. The summed E-state index contributed by atoms with van der Waals surface area (Å²) >= 11 is 0. The molecule has 5 nitrogen and oxygen atoms in total. The summed E-state index contributed by atoms with van der Waals surface area (Å²) in [6.45, 7) is 3.94.